The van der Waals surface area contributed by atoms with E-state index in [1.165, 1.54) is 16.0 Å². The fourth-order valence-corrected chi connectivity index (χ4v) is 3.76. The highest BCUT2D eigenvalue weighted by atomic mass is 32.2. The molecule has 0 aliphatic rings. The third-order valence-corrected chi connectivity index (χ3v) is 5.64. The van der Waals surface area contributed by atoms with Crippen molar-refractivity contribution in [2.24, 2.45) is 0 Å². The molecule has 0 aromatic heterocycles. The molecular formula is C24H24N2O3S. The topological polar surface area (TPSA) is 67.4 Å². The molecule has 30 heavy (non-hydrogen) atoms. The van der Waals surface area contributed by atoms with E-state index in [4.69, 9.17) is 4.74 Å². The second-order valence-electron chi connectivity index (χ2n) is 6.85. The summed E-state index contributed by atoms with van der Waals surface area (Å²) >= 11 is 1.69. The van der Waals surface area contributed by atoms with Gasteiger partial charge in [0.15, 0.2) is 0 Å². The summed E-state index contributed by atoms with van der Waals surface area (Å²) < 4.78 is 5.07. The lowest BCUT2D eigenvalue weighted by atomic mass is 10.2. The van der Waals surface area contributed by atoms with Crippen LogP contribution in [-0.4, -0.2) is 25.5 Å². The Morgan fingerprint density at radius 2 is 1.63 bits per heavy atom. The van der Waals surface area contributed by atoms with E-state index in [0.717, 1.165) is 4.90 Å². The lowest BCUT2D eigenvalue weighted by molar-refractivity contribution is -0.115. The van der Waals surface area contributed by atoms with E-state index in [0.29, 0.717) is 17.0 Å². The molecule has 2 N–H and O–H groups in total. The highest BCUT2D eigenvalue weighted by Crippen LogP contribution is 2.31. The summed E-state index contributed by atoms with van der Waals surface area (Å²) in [5.74, 6) is 0.0725. The first-order chi connectivity index (χ1) is 14.4. The third-order valence-electron chi connectivity index (χ3n) is 4.47. The molecule has 0 spiro atoms. The maximum Gasteiger partial charge on any atom is 0.251 e. The molecule has 0 radical (unpaired) electrons. The number of methoxy groups -OCH3 is 1. The molecule has 0 bridgehead atoms. The fraction of sp³-hybridized carbons (Fsp3) is 0.167. The number of amides is 2. The van der Waals surface area contributed by atoms with E-state index in [-0.39, 0.29) is 18.4 Å². The predicted octanol–water partition coefficient (Wildman–Crippen LogP) is 4.83. The third kappa shape index (κ3) is 5.87. The van der Waals surface area contributed by atoms with Gasteiger partial charge in [-0.2, -0.15) is 0 Å². The van der Waals surface area contributed by atoms with Gasteiger partial charge in [0.2, 0.25) is 5.91 Å². The number of carbonyl (C=O) groups is 2. The Balaban J connectivity index is 1.51. The zero-order valence-corrected chi connectivity index (χ0v) is 18.0. The van der Waals surface area contributed by atoms with E-state index in [1.54, 1.807) is 43.1 Å². The van der Waals surface area contributed by atoms with Crippen LogP contribution in [0.25, 0.3) is 0 Å². The Hall–Kier alpha value is -3.25. The summed E-state index contributed by atoms with van der Waals surface area (Å²) in [4.78, 5) is 26.6. The zero-order valence-electron chi connectivity index (χ0n) is 17.2. The molecule has 0 saturated carbocycles. The molecule has 0 heterocycles. The molecule has 0 fully saturated rings. The fourth-order valence-electron chi connectivity index (χ4n) is 2.76. The van der Waals surface area contributed by atoms with Gasteiger partial charge >= 0.3 is 0 Å². The number of aryl methyl sites for hydroxylation is 2. The number of nitrogens with one attached hydrogen (secondary N) is 2. The average Bonchev–Trinajstić information content (AvgIpc) is 2.76. The van der Waals surface area contributed by atoms with Gasteiger partial charge in [-0.05, 0) is 79.6 Å². The van der Waals surface area contributed by atoms with Crippen molar-refractivity contribution >= 4 is 29.3 Å². The molecule has 3 rings (SSSR count). The molecule has 2 amide bonds. The largest absolute Gasteiger partial charge is 0.497 e. The van der Waals surface area contributed by atoms with Gasteiger partial charge < -0.3 is 15.4 Å². The van der Waals surface area contributed by atoms with Gasteiger partial charge in [-0.3, -0.25) is 9.59 Å². The number of ether oxygens (including phenoxy) is 1. The summed E-state index contributed by atoms with van der Waals surface area (Å²) in [5, 5.41) is 5.41. The zero-order chi connectivity index (χ0) is 21.5. The lowest BCUT2D eigenvalue weighted by Crippen LogP contribution is -2.32. The lowest BCUT2D eigenvalue weighted by Gasteiger charge is -2.09. The molecule has 6 heteroatoms. The average molecular weight is 421 g/mol. The Kier molecular flexibility index (Phi) is 7.14. The maximum atomic E-state index is 12.2. The smallest absolute Gasteiger partial charge is 0.251 e. The Bertz CT molecular complexity index is 1030. The molecule has 0 aliphatic heterocycles. The van der Waals surface area contributed by atoms with Crippen molar-refractivity contribution in [1.29, 1.82) is 0 Å². The van der Waals surface area contributed by atoms with Crippen LogP contribution >= 0.6 is 11.8 Å². The molecule has 0 saturated heterocycles. The van der Waals surface area contributed by atoms with Crippen LogP contribution in [0.5, 0.6) is 5.75 Å². The minimum atomic E-state index is -0.312. The van der Waals surface area contributed by atoms with E-state index in [1.807, 2.05) is 24.3 Å². The van der Waals surface area contributed by atoms with Crippen molar-refractivity contribution in [1.82, 2.24) is 5.32 Å². The van der Waals surface area contributed by atoms with Crippen molar-refractivity contribution in [3.8, 4) is 5.75 Å². The van der Waals surface area contributed by atoms with Gasteiger partial charge in [0, 0.05) is 21.0 Å². The van der Waals surface area contributed by atoms with Gasteiger partial charge in [0.25, 0.3) is 5.91 Å². The molecule has 5 nitrogen and oxygen atoms in total. The highest BCUT2D eigenvalue weighted by molar-refractivity contribution is 7.99. The van der Waals surface area contributed by atoms with E-state index in [9.17, 15) is 9.59 Å². The first-order valence-electron chi connectivity index (χ1n) is 9.52. The molecule has 154 valence electrons. The van der Waals surface area contributed by atoms with E-state index < -0.39 is 0 Å². The SMILES string of the molecule is COc1ccc(C(=O)NCC(=O)Nc2ccc(Sc3cc(C)ccc3C)cc2)cc1. The number of carbonyl (C=O) groups excluding carboxylic acids is 2. The molecule has 0 atom stereocenters. The van der Waals surface area contributed by atoms with Crippen LogP contribution in [0, 0.1) is 13.8 Å². The first-order valence-corrected chi connectivity index (χ1v) is 10.3. The number of anilines is 1. The Morgan fingerprint density at radius 1 is 0.933 bits per heavy atom. The van der Waals surface area contributed by atoms with Crippen LogP contribution in [0.4, 0.5) is 5.69 Å². The molecule has 0 unspecified atom stereocenters. The Labute approximate surface area is 180 Å². The number of hydrogen-bond acceptors (Lipinski definition) is 4. The standard InChI is InChI=1S/C24H24N2O3S/c1-16-4-5-17(2)22(14-16)30-21-12-8-19(9-13-21)26-23(27)15-25-24(28)18-6-10-20(29-3)11-7-18/h4-14H,15H2,1-3H3,(H,25,28)(H,26,27). The highest BCUT2D eigenvalue weighted by Gasteiger charge is 2.09. The molecule has 0 aliphatic carbocycles. The quantitative estimate of drug-likeness (QED) is 0.574. The van der Waals surface area contributed by atoms with E-state index >= 15 is 0 Å². The van der Waals surface area contributed by atoms with Crippen molar-refractivity contribution < 1.29 is 14.3 Å². The summed E-state index contributed by atoms with van der Waals surface area (Å²) in [5.41, 5.74) is 3.61. The normalized spacial score (nSPS) is 10.4. The van der Waals surface area contributed by atoms with Gasteiger partial charge in [0.1, 0.15) is 5.75 Å². The summed E-state index contributed by atoms with van der Waals surface area (Å²) in [6, 6.07) is 20.7. The summed E-state index contributed by atoms with van der Waals surface area (Å²) in [6.45, 7) is 4.07. The van der Waals surface area contributed by atoms with Crippen LogP contribution < -0.4 is 15.4 Å². The second-order valence-corrected chi connectivity index (χ2v) is 7.97. The molecule has 3 aromatic carbocycles. The predicted molar refractivity (Wildman–Crippen MR) is 120 cm³/mol. The Morgan fingerprint density at radius 3 is 2.30 bits per heavy atom. The van der Waals surface area contributed by atoms with Crippen LogP contribution in [0.15, 0.2) is 76.5 Å². The van der Waals surface area contributed by atoms with Crippen molar-refractivity contribution in [2.45, 2.75) is 23.6 Å². The minimum absolute atomic E-state index is 0.107. The first kappa shape index (κ1) is 21.5. The number of rotatable bonds is 7. The van der Waals surface area contributed by atoms with Crippen LogP contribution in [0.1, 0.15) is 21.5 Å². The minimum Gasteiger partial charge on any atom is -0.497 e. The van der Waals surface area contributed by atoms with Crippen LogP contribution in [0.2, 0.25) is 0 Å². The number of hydrogen-bond donors (Lipinski definition) is 2. The van der Waals surface area contributed by atoms with Gasteiger partial charge in [0.05, 0.1) is 13.7 Å². The second kappa shape index (κ2) is 9.98. The van der Waals surface area contributed by atoms with Crippen LogP contribution in [0.3, 0.4) is 0 Å². The van der Waals surface area contributed by atoms with Crippen molar-refractivity contribution in [2.75, 3.05) is 19.0 Å². The molecular weight excluding hydrogens is 396 g/mol. The number of benzene rings is 3. The van der Waals surface area contributed by atoms with Crippen LogP contribution in [-0.2, 0) is 4.79 Å². The van der Waals surface area contributed by atoms with Gasteiger partial charge in [-0.1, -0.05) is 23.9 Å². The summed E-state index contributed by atoms with van der Waals surface area (Å²) in [6.07, 6.45) is 0. The van der Waals surface area contributed by atoms with Crippen molar-refractivity contribution in [3.63, 3.8) is 0 Å². The maximum absolute atomic E-state index is 12.2. The van der Waals surface area contributed by atoms with E-state index in [2.05, 4.69) is 42.7 Å². The summed E-state index contributed by atoms with van der Waals surface area (Å²) in [7, 11) is 1.56. The molecule has 3 aromatic rings. The van der Waals surface area contributed by atoms with Gasteiger partial charge in [-0.15, -0.1) is 0 Å². The van der Waals surface area contributed by atoms with Crippen molar-refractivity contribution in [3.05, 3.63) is 83.4 Å². The van der Waals surface area contributed by atoms with Gasteiger partial charge in [-0.25, -0.2) is 0 Å². The monoisotopic (exact) mass is 420 g/mol.